The molecule has 106 valence electrons. The number of nitrogens with zero attached hydrogens (tertiary/aromatic N) is 2. The second-order valence-corrected chi connectivity index (χ2v) is 6.41. The zero-order valence-corrected chi connectivity index (χ0v) is 11.8. The van der Waals surface area contributed by atoms with E-state index in [-0.39, 0.29) is 10.8 Å². The molecule has 0 spiro atoms. The van der Waals surface area contributed by atoms with Crippen molar-refractivity contribution in [1.82, 2.24) is 9.73 Å². The van der Waals surface area contributed by atoms with Crippen LogP contribution in [0.5, 0.6) is 0 Å². The van der Waals surface area contributed by atoms with Crippen molar-refractivity contribution in [3.63, 3.8) is 0 Å². The van der Waals surface area contributed by atoms with Crippen LogP contribution in [0.1, 0.15) is 0 Å². The maximum atomic E-state index is 11.9. The number of hydrogen-bond acceptors (Lipinski definition) is 5. The molecule has 0 aliphatic carbocycles. The van der Waals surface area contributed by atoms with Gasteiger partial charge in [0.05, 0.1) is 16.7 Å². The Morgan fingerprint density at radius 2 is 1.90 bits per heavy atom. The van der Waals surface area contributed by atoms with Gasteiger partial charge in [0.2, 0.25) is 10.0 Å². The lowest BCUT2D eigenvalue weighted by Crippen LogP contribution is -2.22. The number of amides is 1. The van der Waals surface area contributed by atoms with E-state index < -0.39 is 10.0 Å². The largest absolute Gasteiger partial charge is 0.361 e. The first kappa shape index (κ1) is 14.2. The molecule has 0 saturated carbocycles. The molecule has 0 fully saturated rings. The highest BCUT2D eigenvalue weighted by molar-refractivity contribution is 7.89. The molecule has 1 heterocycles. The van der Waals surface area contributed by atoms with Gasteiger partial charge in [-0.25, -0.2) is 18.1 Å². The highest BCUT2D eigenvalue weighted by Gasteiger charge is 2.16. The van der Waals surface area contributed by atoms with Gasteiger partial charge in [0.25, 0.3) is 5.91 Å². The number of anilines is 1. The molecular weight excluding hydrogens is 280 g/mol. The van der Waals surface area contributed by atoms with E-state index in [1.165, 1.54) is 38.6 Å². The average molecular weight is 294 g/mol. The number of hydrogen-bond donors (Lipinski definition) is 2. The second kappa shape index (κ2) is 5.43. The number of nitrogens with one attached hydrogen (secondary N) is 2. The van der Waals surface area contributed by atoms with Crippen molar-refractivity contribution in [1.29, 1.82) is 0 Å². The summed E-state index contributed by atoms with van der Waals surface area (Å²) >= 11 is 0. The minimum absolute atomic E-state index is 0.209. The van der Waals surface area contributed by atoms with Crippen LogP contribution in [-0.2, 0) is 14.8 Å². The Morgan fingerprint density at radius 3 is 2.40 bits per heavy atom. The Hall–Kier alpha value is -2.19. The third kappa shape index (κ3) is 2.86. The van der Waals surface area contributed by atoms with Gasteiger partial charge in [-0.15, -0.1) is 0 Å². The summed E-state index contributed by atoms with van der Waals surface area (Å²) < 4.78 is 24.9. The summed E-state index contributed by atoms with van der Waals surface area (Å²) in [5.41, 5.74) is 3.35. The van der Waals surface area contributed by atoms with Crippen molar-refractivity contribution in [2.75, 3.05) is 19.4 Å². The van der Waals surface area contributed by atoms with E-state index in [0.717, 1.165) is 4.31 Å². The Bertz CT molecular complexity index is 675. The van der Waals surface area contributed by atoms with Crippen molar-refractivity contribution < 1.29 is 13.2 Å². The predicted octanol–water partition coefficient (Wildman–Crippen LogP) is 0.348. The topological polar surface area (TPSA) is 90.9 Å². The van der Waals surface area contributed by atoms with Crippen molar-refractivity contribution >= 4 is 27.8 Å². The minimum Gasteiger partial charge on any atom is -0.361 e. The Balaban J connectivity index is 2.14. The SMILES string of the molecule is CN(C)S(=O)(=O)c1ccc(NC=C2C=NNC2=O)cc1. The predicted molar refractivity (Wildman–Crippen MR) is 75.7 cm³/mol. The van der Waals surface area contributed by atoms with E-state index in [1.807, 2.05) is 0 Å². The second-order valence-electron chi connectivity index (χ2n) is 4.25. The first-order valence-corrected chi connectivity index (χ1v) is 7.18. The Morgan fingerprint density at radius 1 is 1.25 bits per heavy atom. The standard InChI is InChI=1S/C12H14N4O3S/c1-16(2)20(18,19)11-5-3-10(4-6-11)13-7-9-8-14-15-12(9)17/h3-8,13H,1-2H3,(H,15,17). The monoisotopic (exact) mass is 294 g/mol. The van der Waals surface area contributed by atoms with E-state index in [1.54, 1.807) is 12.1 Å². The smallest absolute Gasteiger partial charge is 0.274 e. The molecule has 1 aliphatic heterocycles. The fourth-order valence-electron chi connectivity index (χ4n) is 1.48. The molecule has 7 nitrogen and oxygen atoms in total. The maximum Gasteiger partial charge on any atom is 0.274 e. The maximum absolute atomic E-state index is 11.9. The number of carbonyl (C=O) groups excluding carboxylic acids is 1. The first-order valence-electron chi connectivity index (χ1n) is 5.74. The van der Waals surface area contributed by atoms with Crippen molar-refractivity contribution in [3.8, 4) is 0 Å². The summed E-state index contributed by atoms with van der Waals surface area (Å²) in [6.07, 6.45) is 2.90. The van der Waals surface area contributed by atoms with Crippen molar-refractivity contribution in [2.45, 2.75) is 4.90 Å². The van der Waals surface area contributed by atoms with E-state index in [9.17, 15) is 13.2 Å². The molecule has 0 bridgehead atoms. The summed E-state index contributed by atoms with van der Waals surface area (Å²) in [5.74, 6) is -0.288. The van der Waals surface area contributed by atoms with Gasteiger partial charge in [0.15, 0.2) is 0 Å². The first-order chi connectivity index (χ1) is 9.41. The van der Waals surface area contributed by atoms with Crippen LogP contribution in [-0.4, -0.2) is 38.9 Å². The molecule has 20 heavy (non-hydrogen) atoms. The molecule has 0 aromatic heterocycles. The number of hydrazone groups is 1. The van der Waals surface area contributed by atoms with Crippen LogP contribution in [0.4, 0.5) is 5.69 Å². The summed E-state index contributed by atoms with van der Waals surface area (Å²) in [6, 6.07) is 6.24. The summed E-state index contributed by atoms with van der Waals surface area (Å²) in [5, 5.41) is 6.51. The third-order valence-electron chi connectivity index (χ3n) is 2.66. The Kier molecular flexibility index (Phi) is 3.86. The van der Waals surface area contributed by atoms with E-state index in [4.69, 9.17) is 0 Å². The van der Waals surface area contributed by atoms with Crippen molar-refractivity contribution in [2.24, 2.45) is 5.10 Å². The minimum atomic E-state index is -3.43. The number of rotatable bonds is 4. The lowest BCUT2D eigenvalue weighted by molar-refractivity contribution is -0.116. The summed E-state index contributed by atoms with van der Waals surface area (Å²) in [7, 11) is -0.476. The van der Waals surface area contributed by atoms with Gasteiger partial charge in [0, 0.05) is 26.0 Å². The van der Waals surface area contributed by atoms with Gasteiger partial charge >= 0.3 is 0 Å². The molecule has 1 amide bonds. The quantitative estimate of drug-likeness (QED) is 0.784. The number of sulfonamides is 1. The molecule has 0 atom stereocenters. The van der Waals surface area contributed by atoms with E-state index in [0.29, 0.717) is 11.3 Å². The third-order valence-corrected chi connectivity index (χ3v) is 4.49. The van der Waals surface area contributed by atoms with Crippen molar-refractivity contribution in [3.05, 3.63) is 36.0 Å². The van der Waals surface area contributed by atoms with Crippen LogP contribution < -0.4 is 10.7 Å². The van der Waals surface area contributed by atoms with E-state index >= 15 is 0 Å². The fraction of sp³-hybridized carbons (Fsp3) is 0.167. The summed E-state index contributed by atoms with van der Waals surface area (Å²) in [4.78, 5) is 11.4. The molecular formula is C12H14N4O3S. The average Bonchev–Trinajstić information content (AvgIpc) is 2.82. The molecule has 1 aromatic rings. The molecule has 1 aromatic carbocycles. The molecule has 0 unspecified atom stereocenters. The number of benzene rings is 1. The van der Waals surface area contributed by atoms with Gasteiger partial charge in [-0.2, -0.15) is 5.10 Å². The van der Waals surface area contributed by atoms with E-state index in [2.05, 4.69) is 15.8 Å². The molecule has 2 rings (SSSR count). The van der Waals surface area contributed by atoms with Gasteiger partial charge < -0.3 is 5.32 Å². The van der Waals surface area contributed by atoms with Crippen LogP contribution in [0, 0.1) is 0 Å². The van der Waals surface area contributed by atoms with Gasteiger partial charge in [-0.1, -0.05) is 0 Å². The fourth-order valence-corrected chi connectivity index (χ4v) is 2.38. The molecule has 2 N–H and O–H groups in total. The van der Waals surface area contributed by atoms with Crippen LogP contribution in [0.15, 0.2) is 46.0 Å². The zero-order valence-electron chi connectivity index (χ0n) is 11.0. The molecule has 1 aliphatic rings. The molecule has 8 heteroatoms. The van der Waals surface area contributed by atoms with Gasteiger partial charge in [-0.3, -0.25) is 4.79 Å². The van der Waals surface area contributed by atoms with Crippen LogP contribution >= 0.6 is 0 Å². The zero-order chi connectivity index (χ0) is 14.8. The van der Waals surface area contributed by atoms with Crippen LogP contribution in [0.2, 0.25) is 0 Å². The highest BCUT2D eigenvalue weighted by Crippen LogP contribution is 2.16. The lowest BCUT2D eigenvalue weighted by atomic mass is 10.3. The van der Waals surface area contributed by atoms with Gasteiger partial charge in [-0.05, 0) is 24.3 Å². The highest BCUT2D eigenvalue weighted by atomic mass is 32.2. The number of carbonyl (C=O) groups is 1. The normalized spacial score (nSPS) is 16.8. The Labute approximate surface area is 117 Å². The summed E-state index contributed by atoms with van der Waals surface area (Å²) in [6.45, 7) is 0. The molecule has 0 saturated heterocycles. The van der Waals surface area contributed by atoms with Crippen LogP contribution in [0.3, 0.4) is 0 Å². The van der Waals surface area contributed by atoms with Gasteiger partial charge in [0.1, 0.15) is 0 Å². The molecule has 0 radical (unpaired) electrons. The lowest BCUT2D eigenvalue weighted by Gasteiger charge is -2.11. The van der Waals surface area contributed by atoms with Crippen LogP contribution in [0.25, 0.3) is 0 Å².